The molecule has 1 aliphatic rings. The van der Waals surface area contributed by atoms with Crippen LogP contribution in [0.15, 0.2) is 95.9 Å². The highest BCUT2D eigenvalue weighted by atomic mass is 32.2. The standard InChI is InChI=1S/C27H28O2S2/c1-21(30-26-10-4-3-5-11-26)16-19-31(28,29)27(2)17-14-23(15-18-27)25-13-12-22-8-6-7-9-24(22)20-25/h3-15,17,20-21H,16,18-19H2,1-2H3. The van der Waals surface area contributed by atoms with Crippen molar-refractivity contribution >= 4 is 37.9 Å². The topological polar surface area (TPSA) is 34.1 Å². The predicted molar refractivity (Wildman–Crippen MR) is 134 cm³/mol. The minimum Gasteiger partial charge on any atom is -0.228 e. The van der Waals surface area contributed by atoms with Crippen LogP contribution in [-0.4, -0.2) is 24.2 Å². The molecule has 0 fully saturated rings. The van der Waals surface area contributed by atoms with Crippen LogP contribution in [-0.2, 0) is 9.84 Å². The molecule has 4 rings (SSSR count). The predicted octanol–water partition coefficient (Wildman–Crippen LogP) is 6.93. The molecule has 2 nitrogen and oxygen atoms in total. The highest BCUT2D eigenvalue weighted by Gasteiger charge is 2.37. The van der Waals surface area contributed by atoms with Gasteiger partial charge in [0, 0.05) is 10.1 Å². The summed E-state index contributed by atoms with van der Waals surface area (Å²) < 4.78 is 25.5. The van der Waals surface area contributed by atoms with Crippen molar-refractivity contribution in [2.24, 2.45) is 0 Å². The third kappa shape index (κ3) is 4.97. The van der Waals surface area contributed by atoms with Crippen LogP contribution in [0.1, 0.15) is 32.3 Å². The van der Waals surface area contributed by atoms with Crippen molar-refractivity contribution in [1.82, 2.24) is 0 Å². The molecular weight excluding hydrogens is 420 g/mol. The first kappa shape index (κ1) is 21.9. The van der Waals surface area contributed by atoms with E-state index in [-0.39, 0.29) is 11.0 Å². The Labute approximate surface area is 190 Å². The number of fused-ring (bicyclic) bond motifs is 1. The lowest BCUT2D eigenvalue weighted by Gasteiger charge is -2.28. The lowest BCUT2D eigenvalue weighted by Crippen LogP contribution is -2.36. The van der Waals surface area contributed by atoms with Gasteiger partial charge in [-0.1, -0.05) is 79.7 Å². The van der Waals surface area contributed by atoms with Gasteiger partial charge in [-0.3, -0.25) is 0 Å². The Morgan fingerprint density at radius 1 is 0.968 bits per heavy atom. The molecule has 0 bridgehead atoms. The molecule has 0 heterocycles. The molecule has 0 amide bonds. The Bertz CT molecular complexity index is 1230. The fraction of sp³-hybridized carbons (Fsp3) is 0.259. The molecule has 3 aromatic carbocycles. The Hall–Kier alpha value is -2.30. The third-order valence-electron chi connectivity index (χ3n) is 6.01. The van der Waals surface area contributed by atoms with Crippen molar-refractivity contribution in [2.75, 3.05) is 5.75 Å². The minimum absolute atomic E-state index is 0.202. The van der Waals surface area contributed by atoms with Gasteiger partial charge in [-0.25, -0.2) is 8.42 Å². The normalized spacial score (nSPS) is 19.9. The number of benzene rings is 3. The summed E-state index contributed by atoms with van der Waals surface area (Å²) >= 11 is 1.73. The van der Waals surface area contributed by atoms with E-state index in [0.29, 0.717) is 12.8 Å². The minimum atomic E-state index is -3.26. The maximum Gasteiger partial charge on any atom is 0.159 e. The molecule has 0 aliphatic heterocycles. The lowest BCUT2D eigenvalue weighted by molar-refractivity contribution is 0.560. The maximum atomic E-state index is 13.2. The van der Waals surface area contributed by atoms with Crippen molar-refractivity contribution in [3.05, 3.63) is 96.6 Å². The van der Waals surface area contributed by atoms with Gasteiger partial charge < -0.3 is 0 Å². The van der Waals surface area contributed by atoms with Gasteiger partial charge in [0.05, 0.1) is 10.5 Å². The van der Waals surface area contributed by atoms with Crippen LogP contribution >= 0.6 is 11.8 Å². The van der Waals surface area contributed by atoms with E-state index >= 15 is 0 Å². The second-order valence-corrected chi connectivity index (χ2v) is 12.5. The molecule has 2 atom stereocenters. The first-order valence-electron chi connectivity index (χ1n) is 10.7. The number of thioether (sulfide) groups is 1. The molecule has 0 radical (unpaired) electrons. The zero-order chi connectivity index (χ0) is 21.9. The van der Waals surface area contributed by atoms with Crippen molar-refractivity contribution in [3.63, 3.8) is 0 Å². The van der Waals surface area contributed by atoms with Crippen molar-refractivity contribution in [3.8, 4) is 0 Å². The SMILES string of the molecule is CC(CCS(=O)(=O)C1(C)C=CC(c2ccc3ccccc3c2)=CC1)Sc1ccccc1. The van der Waals surface area contributed by atoms with Gasteiger partial charge in [-0.05, 0) is 59.9 Å². The summed E-state index contributed by atoms with van der Waals surface area (Å²) in [6.45, 7) is 3.95. The zero-order valence-corrected chi connectivity index (χ0v) is 19.6. The van der Waals surface area contributed by atoms with E-state index in [1.54, 1.807) is 11.8 Å². The van der Waals surface area contributed by atoms with Gasteiger partial charge in [0.1, 0.15) is 0 Å². The molecule has 0 N–H and O–H groups in total. The fourth-order valence-corrected chi connectivity index (χ4v) is 6.78. The average molecular weight is 449 g/mol. The summed E-state index contributed by atoms with van der Waals surface area (Å²) in [5.74, 6) is 0.202. The number of allylic oxidation sites excluding steroid dienone is 3. The third-order valence-corrected chi connectivity index (χ3v) is 9.69. The van der Waals surface area contributed by atoms with Crippen LogP contribution in [0, 0.1) is 0 Å². The monoisotopic (exact) mass is 448 g/mol. The van der Waals surface area contributed by atoms with E-state index in [9.17, 15) is 8.42 Å². The van der Waals surface area contributed by atoms with Crippen LogP contribution in [0.5, 0.6) is 0 Å². The molecule has 0 saturated carbocycles. The van der Waals surface area contributed by atoms with Gasteiger partial charge >= 0.3 is 0 Å². The number of rotatable bonds is 7. The fourth-order valence-electron chi connectivity index (χ4n) is 3.87. The Morgan fingerprint density at radius 2 is 1.68 bits per heavy atom. The molecule has 0 saturated heterocycles. The van der Waals surface area contributed by atoms with Crippen molar-refractivity contribution in [2.45, 2.75) is 41.6 Å². The van der Waals surface area contributed by atoms with Crippen molar-refractivity contribution < 1.29 is 8.42 Å². The summed E-state index contributed by atoms with van der Waals surface area (Å²) in [7, 11) is -3.26. The highest BCUT2D eigenvalue weighted by Crippen LogP contribution is 2.35. The largest absolute Gasteiger partial charge is 0.228 e. The maximum absolute atomic E-state index is 13.2. The Morgan fingerprint density at radius 3 is 2.39 bits per heavy atom. The number of hydrogen-bond donors (Lipinski definition) is 0. The number of sulfone groups is 1. The summed E-state index contributed by atoms with van der Waals surface area (Å²) in [5.41, 5.74) is 2.22. The van der Waals surface area contributed by atoms with Gasteiger partial charge in [0.2, 0.25) is 0 Å². The van der Waals surface area contributed by atoms with E-state index in [1.165, 1.54) is 15.7 Å². The quantitative estimate of drug-likeness (QED) is 0.368. The smallest absolute Gasteiger partial charge is 0.159 e. The van der Waals surface area contributed by atoms with Crippen LogP contribution in [0.2, 0.25) is 0 Å². The molecule has 31 heavy (non-hydrogen) atoms. The molecule has 4 heteroatoms. The zero-order valence-electron chi connectivity index (χ0n) is 18.0. The van der Waals surface area contributed by atoms with Gasteiger partial charge in [-0.2, -0.15) is 0 Å². The molecule has 160 valence electrons. The van der Waals surface area contributed by atoms with Gasteiger partial charge in [-0.15, -0.1) is 11.8 Å². The van der Waals surface area contributed by atoms with E-state index in [0.717, 1.165) is 11.1 Å². The number of hydrogen-bond acceptors (Lipinski definition) is 3. The van der Waals surface area contributed by atoms with Crippen LogP contribution < -0.4 is 0 Å². The van der Waals surface area contributed by atoms with Crippen molar-refractivity contribution in [1.29, 1.82) is 0 Å². The summed E-state index contributed by atoms with van der Waals surface area (Å²) in [5, 5.41) is 2.65. The average Bonchev–Trinajstić information content (AvgIpc) is 2.78. The molecule has 1 aliphatic carbocycles. The van der Waals surface area contributed by atoms with Gasteiger partial charge in [0.25, 0.3) is 0 Å². The second kappa shape index (κ2) is 9.05. The molecule has 2 unspecified atom stereocenters. The molecule has 3 aromatic rings. The second-order valence-electron chi connectivity index (χ2n) is 8.42. The lowest BCUT2D eigenvalue weighted by atomic mass is 9.92. The van der Waals surface area contributed by atoms with Crippen LogP contribution in [0.3, 0.4) is 0 Å². The first-order chi connectivity index (χ1) is 14.9. The highest BCUT2D eigenvalue weighted by molar-refractivity contribution is 8.00. The molecular formula is C27H28O2S2. The summed E-state index contributed by atoms with van der Waals surface area (Å²) in [6, 6.07) is 24.8. The van der Waals surface area contributed by atoms with Crippen LogP contribution in [0.4, 0.5) is 0 Å². The first-order valence-corrected chi connectivity index (χ1v) is 13.2. The van der Waals surface area contributed by atoms with E-state index in [2.05, 4.69) is 55.5 Å². The molecule has 0 aromatic heterocycles. The van der Waals surface area contributed by atoms with E-state index in [1.807, 2.05) is 49.4 Å². The molecule has 0 spiro atoms. The Balaban J connectivity index is 1.42. The van der Waals surface area contributed by atoms with E-state index in [4.69, 9.17) is 0 Å². The summed E-state index contributed by atoms with van der Waals surface area (Å²) in [4.78, 5) is 1.18. The van der Waals surface area contributed by atoms with Gasteiger partial charge in [0.15, 0.2) is 9.84 Å². The summed E-state index contributed by atoms with van der Waals surface area (Å²) in [6.07, 6.45) is 7.10. The Kier molecular flexibility index (Phi) is 6.40. The van der Waals surface area contributed by atoms with E-state index < -0.39 is 14.6 Å². The van der Waals surface area contributed by atoms with Crippen LogP contribution in [0.25, 0.3) is 16.3 Å².